The number of nitrogens with one attached hydrogen (secondary N) is 1. The molecule has 4 atom stereocenters. The highest BCUT2D eigenvalue weighted by atomic mass is 16.4. The molecule has 2 saturated heterocycles. The summed E-state index contributed by atoms with van der Waals surface area (Å²) in [6.45, 7) is 0.862. The molecule has 9 nitrogen and oxygen atoms in total. The number of hydrogen-bond donors (Lipinski definition) is 3. The van der Waals surface area contributed by atoms with Crippen LogP contribution in [0.5, 0.6) is 0 Å². The van der Waals surface area contributed by atoms with Gasteiger partial charge in [-0.25, -0.2) is 0 Å². The zero-order chi connectivity index (χ0) is 29.6. The van der Waals surface area contributed by atoms with Crippen molar-refractivity contribution in [2.24, 2.45) is 5.73 Å². The molecule has 2 aliphatic rings. The highest BCUT2D eigenvalue weighted by Crippen LogP contribution is 2.27. The van der Waals surface area contributed by atoms with Crippen molar-refractivity contribution in [2.45, 2.75) is 69.1 Å². The number of nitrogens with two attached hydrogens (primary N) is 1. The Hall–Kier alpha value is -4.24. The molecule has 9 heteroatoms. The number of carbonyl (C=O) groups excluding carboxylic acids is 3. The first-order chi connectivity index (χ1) is 20.3. The topological polar surface area (TPSA) is 133 Å². The highest BCUT2D eigenvalue weighted by Gasteiger charge is 2.43. The molecule has 4 N–H and O–H groups in total. The second-order valence-corrected chi connectivity index (χ2v) is 11.3. The molecule has 0 saturated carbocycles. The van der Waals surface area contributed by atoms with Crippen molar-refractivity contribution >= 4 is 34.5 Å². The molecule has 0 unspecified atom stereocenters. The largest absolute Gasteiger partial charge is 0.481 e. The molecule has 5 rings (SSSR count). The number of rotatable bonds is 10. The Bertz CT molecular complexity index is 1440. The lowest BCUT2D eigenvalue weighted by Gasteiger charge is -2.32. The summed E-state index contributed by atoms with van der Waals surface area (Å²) in [6.07, 6.45) is 2.87. The van der Waals surface area contributed by atoms with Crippen molar-refractivity contribution in [1.82, 2.24) is 15.1 Å². The summed E-state index contributed by atoms with van der Waals surface area (Å²) in [4.78, 5) is 55.4. The number of carboxylic acid groups (broad SMARTS) is 1. The minimum Gasteiger partial charge on any atom is -0.481 e. The van der Waals surface area contributed by atoms with Crippen molar-refractivity contribution in [3.8, 4) is 0 Å². The molecule has 0 aliphatic carbocycles. The van der Waals surface area contributed by atoms with E-state index in [0.717, 1.165) is 21.9 Å². The molecule has 3 aromatic carbocycles. The predicted molar refractivity (Wildman–Crippen MR) is 159 cm³/mol. The third-order valence-corrected chi connectivity index (χ3v) is 8.39. The Morgan fingerprint density at radius 3 is 2.26 bits per heavy atom. The van der Waals surface area contributed by atoms with Crippen LogP contribution in [0.1, 0.15) is 43.2 Å². The van der Waals surface area contributed by atoms with E-state index in [1.165, 1.54) is 0 Å². The average Bonchev–Trinajstić information content (AvgIpc) is 3.67. The van der Waals surface area contributed by atoms with Crippen LogP contribution in [0.25, 0.3) is 10.8 Å². The number of aliphatic carboxylic acids is 1. The van der Waals surface area contributed by atoms with E-state index in [1.54, 1.807) is 9.80 Å². The number of carboxylic acids is 1. The summed E-state index contributed by atoms with van der Waals surface area (Å²) in [7, 11) is 0. The van der Waals surface area contributed by atoms with Crippen LogP contribution in [0.3, 0.4) is 0 Å². The van der Waals surface area contributed by atoms with Crippen molar-refractivity contribution in [3.05, 3.63) is 83.9 Å². The van der Waals surface area contributed by atoms with Crippen LogP contribution in [0, 0.1) is 0 Å². The molecule has 220 valence electrons. The van der Waals surface area contributed by atoms with Gasteiger partial charge in [0.05, 0.1) is 12.5 Å². The molecule has 0 aromatic heterocycles. The first kappa shape index (κ1) is 29.3. The summed E-state index contributed by atoms with van der Waals surface area (Å²) in [5.74, 6) is -1.86. The lowest BCUT2D eigenvalue weighted by atomic mass is 9.98. The zero-order valence-electron chi connectivity index (χ0n) is 23.7. The fourth-order valence-corrected chi connectivity index (χ4v) is 6.37. The van der Waals surface area contributed by atoms with Gasteiger partial charge in [-0.3, -0.25) is 19.2 Å². The number of likely N-dealkylation sites (tertiary alicyclic amines) is 2. The van der Waals surface area contributed by atoms with E-state index < -0.39 is 30.1 Å². The molecule has 42 heavy (non-hydrogen) atoms. The van der Waals surface area contributed by atoms with Crippen LogP contribution in [0.15, 0.2) is 72.8 Å². The number of carbonyl (C=O) groups is 4. The SMILES string of the molecule is N[C@@H](Cc1cccc2ccccc12)C(=O)N1CCC[C@H]1C(=O)N1CCC[C@H]1C(=O)N[C@H](CC(=O)O)Cc1ccccc1. The molecule has 2 heterocycles. The van der Waals surface area contributed by atoms with Gasteiger partial charge in [0.1, 0.15) is 12.1 Å². The van der Waals surface area contributed by atoms with Gasteiger partial charge in [0.2, 0.25) is 17.7 Å². The third kappa shape index (κ3) is 6.62. The zero-order valence-corrected chi connectivity index (χ0v) is 23.7. The molecular formula is C33H38N4O5. The fourth-order valence-electron chi connectivity index (χ4n) is 6.37. The Labute approximate surface area is 245 Å². The van der Waals surface area contributed by atoms with Gasteiger partial charge in [-0.05, 0) is 60.4 Å². The van der Waals surface area contributed by atoms with Gasteiger partial charge in [0.15, 0.2) is 0 Å². The molecule has 2 aliphatic heterocycles. The summed E-state index contributed by atoms with van der Waals surface area (Å²) in [6, 6.07) is 20.6. The standard InChI is InChI=1S/C33H38N4O5/c34-27(20-24-13-6-12-23-11-4-5-14-26(23)24)32(41)37-18-8-16-29(37)33(42)36-17-7-15-28(36)31(40)35-25(21-30(38)39)19-22-9-2-1-3-10-22/h1-6,9-14,25,27-29H,7-8,15-21,34H2,(H,35,40)(H,38,39)/t25-,27-,28-,29-/m0/s1. The maximum Gasteiger partial charge on any atom is 0.305 e. The van der Waals surface area contributed by atoms with E-state index in [4.69, 9.17) is 5.73 Å². The summed E-state index contributed by atoms with van der Waals surface area (Å²) >= 11 is 0. The molecule has 3 amide bonds. The van der Waals surface area contributed by atoms with Crippen LogP contribution >= 0.6 is 0 Å². The van der Waals surface area contributed by atoms with Gasteiger partial charge >= 0.3 is 5.97 Å². The maximum absolute atomic E-state index is 13.8. The average molecular weight is 571 g/mol. The van der Waals surface area contributed by atoms with Gasteiger partial charge in [0.25, 0.3) is 0 Å². The summed E-state index contributed by atoms with van der Waals surface area (Å²) in [5, 5.41) is 14.5. The molecule has 3 aromatic rings. The maximum atomic E-state index is 13.8. The first-order valence-corrected chi connectivity index (χ1v) is 14.7. The van der Waals surface area contributed by atoms with Gasteiger partial charge in [-0.1, -0.05) is 72.8 Å². The first-order valence-electron chi connectivity index (χ1n) is 14.7. The smallest absolute Gasteiger partial charge is 0.305 e. The van der Waals surface area contributed by atoms with Gasteiger partial charge < -0.3 is 26.0 Å². The molecule has 0 bridgehead atoms. The molecular weight excluding hydrogens is 532 g/mol. The number of nitrogens with zero attached hydrogens (tertiary/aromatic N) is 2. The van der Waals surface area contributed by atoms with E-state index in [1.807, 2.05) is 72.8 Å². The Morgan fingerprint density at radius 2 is 1.50 bits per heavy atom. The van der Waals surface area contributed by atoms with E-state index in [2.05, 4.69) is 5.32 Å². The van der Waals surface area contributed by atoms with Gasteiger partial charge in [-0.15, -0.1) is 0 Å². The van der Waals surface area contributed by atoms with E-state index in [9.17, 15) is 24.3 Å². The van der Waals surface area contributed by atoms with Gasteiger partial charge in [0, 0.05) is 19.1 Å². The summed E-state index contributed by atoms with van der Waals surface area (Å²) in [5.41, 5.74) is 8.35. The highest BCUT2D eigenvalue weighted by molar-refractivity contribution is 5.94. The minimum absolute atomic E-state index is 0.221. The second kappa shape index (κ2) is 13.2. The van der Waals surface area contributed by atoms with Gasteiger partial charge in [-0.2, -0.15) is 0 Å². The normalized spacial score (nSPS) is 19.9. The fraction of sp³-hybridized carbons (Fsp3) is 0.394. The quantitative estimate of drug-likeness (QED) is 0.343. The van der Waals surface area contributed by atoms with Crippen molar-refractivity contribution < 1.29 is 24.3 Å². The number of hydrogen-bond acceptors (Lipinski definition) is 5. The Morgan fingerprint density at radius 1 is 0.833 bits per heavy atom. The third-order valence-electron chi connectivity index (χ3n) is 8.39. The summed E-state index contributed by atoms with van der Waals surface area (Å²) < 4.78 is 0. The monoisotopic (exact) mass is 570 g/mol. The van der Waals surface area contributed by atoms with Crippen LogP contribution in [0.4, 0.5) is 0 Å². The van der Waals surface area contributed by atoms with Crippen LogP contribution in [-0.4, -0.2) is 75.9 Å². The van der Waals surface area contributed by atoms with E-state index in [0.29, 0.717) is 51.6 Å². The van der Waals surface area contributed by atoms with Crippen molar-refractivity contribution in [2.75, 3.05) is 13.1 Å². The number of benzene rings is 3. The second-order valence-electron chi connectivity index (χ2n) is 11.3. The number of amides is 3. The molecule has 0 spiro atoms. The van der Waals surface area contributed by atoms with Crippen LogP contribution in [-0.2, 0) is 32.0 Å². The molecule has 2 fully saturated rings. The number of fused-ring (bicyclic) bond motifs is 1. The lowest BCUT2D eigenvalue weighted by Crippen LogP contribution is -2.56. The van der Waals surface area contributed by atoms with E-state index >= 15 is 0 Å². The minimum atomic E-state index is -1.00. The Balaban J connectivity index is 1.25. The predicted octanol–water partition coefficient (Wildman–Crippen LogP) is 2.89. The van der Waals surface area contributed by atoms with Crippen molar-refractivity contribution in [1.29, 1.82) is 0 Å². The Kier molecular flexibility index (Phi) is 9.17. The molecule has 0 radical (unpaired) electrons. The lowest BCUT2D eigenvalue weighted by molar-refractivity contribution is -0.147. The van der Waals surface area contributed by atoms with Crippen LogP contribution in [0.2, 0.25) is 0 Å². The van der Waals surface area contributed by atoms with E-state index in [-0.39, 0.29) is 24.1 Å². The van der Waals surface area contributed by atoms with Crippen LogP contribution < -0.4 is 11.1 Å². The van der Waals surface area contributed by atoms with Crippen molar-refractivity contribution in [3.63, 3.8) is 0 Å².